The van der Waals surface area contributed by atoms with Crippen LogP contribution in [0.4, 0.5) is 5.69 Å². The minimum absolute atomic E-state index is 0.275. The Morgan fingerprint density at radius 3 is 2.15 bits per heavy atom. The Kier molecular flexibility index (Phi) is 8.70. The van der Waals surface area contributed by atoms with Crippen molar-refractivity contribution in [3.63, 3.8) is 0 Å². The Hall–Kier alpha value is -7.24. The lowest BCUT2D eigenvalue weighted by atomic mass is 9.76. The van der Waals surface area contributed by atoms with Crippen LogP contribution < -0.4 is 4.90 Å². The van der Waals surface area contributed by atoms with Crippen molar-refractivity contribution >= 4 is 55.6 Å². The van der Waals surface area contributed by atoms with Crippen molar-refractivity contribution in [1.82, 2.24) is 19.1 Å². The van der Waals surface area contributed by atoms with E-state index < -0.39 is 0 Å². The third kappa shape index (κ3) is 5.75. The Labute approximate surface area is 362 Å². The summed E-state index contributed by atoms with van der Waals surface area (Å²) in [6, 6.07) is 44.1. The number of nitrogens with zero attached hydrogens (tertiary/aromatic N) is 5. The van der Waals surface area contributed by atoms with Crippen LogP contribution in [0.3, 0.4) is 0 Å². The van der Waals surface area contributed by atoms with Crippen LogP contribution >= 0.6 is 0 Å². The van der Waals surface area contributed by atoms with Crippen molar-refractivity contribution in [2.75, 3.05) is 4.90 Å². The number of para-hydroxylation sites is 4. The first-order chi connectivity index (χ1) is 30.6. The van der Waals surface area contributed by atoms with Crippen LogP contribution in [0, 0.1) is 11.8 Å². The molecule has 0 saturated heterocycles. The summed E-state index contributed by atoms with van der Waals surface area (Å²) in [5.74, 6) is 2.82. The van der Waals surface area contributed by atoms with Gasteiger partial charge in [-0.2, -0.15) is 0 Å². The zero-order valence-electron chi connectivity index (χ0n) is 35.0. The van der Waals surface area contributed by atoms with Gasteiger partial charge in [-0.25, -0.2) is 9.97 Å². The molecule has 5 aromatic carbocycles. The molecule has 4 aliphatic rings. The van der Waals surface area contributed by atoms with Crippen LogP contribution in [-0.2, 0) is 19.4 Å². The lowest BCUT2D eigenvalue weighted by Crippen LogP contribution is -2.24. The highest BCUT2D eigenvalue weighted by molar-refractivity contribution is 6.09. The highest BCUT2D eigenvalue weighted by atomic mass is 15.2. The number of aryl methyl sites for hydroxylation is 1. The maximum atomic E-state index is 6.02. The molecule has 0 N–H and O–H groups in total. The Bertz CT molecular complexity index is 3240. The molecule has 1 aliphatic heterocycles. The SMILES string of the molecule is C=C1/C=C\C=C/N(Cc2nc(CC(C)C3c4ccccc4C4=CC=CCC43)c(-n3c4ccccc4c4ccccc43)nc2-n2c3c(c4ccccc42)CCC=C3)c2ccccc21. The first kappa shape index (κ1) is 36.6. The van der Waals surface area contributed by atoms with E-state index in [9.17, 15) is 0 Å². The number of hydrogen-bond acceptors (Lipinski definition) is 3. The van der Waals surface area contributed by atoms with E-state index in [4.69, 9.17) is 9.97 Å². The summed E-state index contributed by atoms with van der Waals surface area (Å²) in [5, 5.41) is 3.70. The molecule has 5 heteroatoms. The van der Waals surface area contributed by atoms with Crippen LogP contribution in [0.2, 0.25) is 0 Å². The van der Waals surface area contributed by atoms with Crippen LogP contribution in [0.5, 0.6) is 0 Å². The molecule has 8 aromatic rings. The number of allylic oxidation sites excluding steroid dienone is 9. The van der Waals surface area contributed by atoms with Crippen molar-refractivity contribution < 1.29 is 0 Å². The Morgan fingerprint density at radius 2 is 1.34 bits per heavy atom. The summed E-state index contributed by atoms with van der Waals surface area (Å²) in [6.45, 7) is 7.43. The molecular formula is C57H47N5. The fraction of sp³-hybridized carbons (Fsp3) is 0.158. The second kappa shape index (κ2) is 14.7. The van der Waals surface area contributed by atoms with Gasteiger partial charge in [0.1, 0.15) is 5.69 Å². The number of rotatable bonds is 7. The van der Waals surface area contributed by atoms with Gasteiger partial charge < -0.3 is 4.90 Å². The molecule has 3 atom stereocenters. The van der Waals surface area contributed by atoms with E-state index in [1.54, 1.807) is 0 Å². The number of aromatic nitrogens is 4. The first-order valence-corrected chi connectivity index (χ1v) is 22.2. The predicted octanol–water partition coefficient (Wildman–Crippen LogP) is 13.5. The second-order valence-electron chi connectivity index (χ2n) is 17.3. The highest BCUT2D eigenvalue weighted by Gasteiger charge is 2.40. The molecule has 62 heavy (non-hydrogen) atoms. The molecular weight excluding hydrogens is 755 g/mol. The molecule has 300 valence electrons. The fourth-order valence-electron chi connectivity index (χ4n) is 11.1. The Balaban J connectivity index is 1.13. The number of hydrogen-bond donors (Lipinski definition) is 0. The lowest BCUT2D eigenvalue weighted by molar-refractivity contribution is 0.388. The molecule has 0 fully saturated rings. The van der Waals surface area contributed by atoms with Gasteiger partial charge in [-0.1, -0.05) is 147 Å². The molecule has 0 spiro atoms. The van der Waals surface area contributed by atoms with Gasteiger partial charge in [-0.15, -0.1) is 0 Å². The summed E-state index contributed by atoms with van der Waals surface area (Å²) in [4.78, 5) is 14.3. The van der Waals surface area contributed by atoms with E-state index in [-0.39, 0.29) is 5.92 Å². The third-order valence-electron chi connectivity index (χ3n) is 13.8. The molecule has 12 rings (SSSR count). The monoisotopic (exact) mass is 801 g/mol. The van der Waals surface area contributed by atoms with E-state index in [1.165, 1.54) is 44.1 Å². The summed E-state index contributed by atoms with van der Waals surface area (Å²) >= 11 is 0. The van der Waals surface area contributed by atoms with Crippen molar-refractivity contribution in [2.24, 2.45) is 11.8 Å². The first-order valence-electron chi connectivity index (χ1n) is 22.2. The number of anilines is 1. The zero-order valence-corrected chi connectivity index (χ0v) is 35.0. The average molecular weight is 802 g/mol. The predicted molar refractivity (Wildman–Crippen MR) is 258 cm³/mol. The minimum atomic E-state index is 0.275. The summed E-state index contributed by atoms with van der Waals surface area (Å²) in [6.07, 6.45) is 23.9. The van der Waals surface area contributed by atoms with Gasteiger partial charge in [0.05, 0.1) is 34.5 Å². The molecule has 3 unspecified atom stereocenters. The molecule has 5 nitrogen and oxygen atoms in total. The lowest BCUT2D eigenvalue weighted by Gasteiger charge is -2.29. The van der Waals surface area contributed by atoms with E-state index in [0.29, 0.717) is 18.4 Å². The van der Waals surface area contributed by atoms with Gasteiger partial charge in [-0.3, -0.25) is 9.13 Å². The topological polar surface area (TPSA) is 38.9 Å². The van der Waals surface area contributed by atoms with Gasteiger partial charge >= 0.3 is 0 Å². The molecule has 0 saturated carbocycles. The van der Waals surface area contributed by atoms with Crippen molar-refractivity contribution in [2.45, 2.75) is 45.1 Å². The van der Waals surface area contributed by atoms with Crippen LogP contribution in [0.15, 0.2) is 177 Å². The van der Waals surface area contributed by atoms with Crippen molar-refractivity contribution in [1.29, 1.82) is 0 Å². The maximum Gasteiger partial charge on any atom is 0.163 e. The van der Waals surface area contributed by atoms with Gasteiger partial charge in [0.15, 0.2) is 11.6 Å². The van der Waals surface area contributed by atoms with Crippen molar-refractivity contribution in [3.05, 3.63) is 216 Å². The standard InChI is InChI=1S/C57H47N5/c1-37-19-17-18-34-60(50-29-12-7-20-39(37)50)36-49-57(62-53-32-15-10-25-44(53)45-26-11-16-33-54(45)62)59-56(61-51-30-13-8-23-42(51)43-24-9-14-31-52(43)61)48(58-49)35-38(2)55-46-27-5-3-21-40(46)41-22-4-6-28-47(41)55/h3-10,12-25,27,29-34,38,47,55H,1,11,26,28,35-36H2,2H3/b19-17-,34-18-. The van der Waals surface area contributed by atoms with E-state index in [1.807, 2.05) is 0 Å². The summed E-state index contributed by atoms with van der Waals surface area (Å²) in [7, 11) is 0. The number of benzene rings is 5. The van der Waals surface area contributed by atoms with Gasteiger partial charge in [-0.05, 0) is 108 Å². The quantitative estimate of drug-likeness (QED) is 0.161. The van der Waals surface area contributed by atoms with E-state index in [2.05, 4.69) is 204 Å². The summed E-state index contributed by atoms with van der Waals surface area (Å²) < 4.78 is 4.81. The third-order valence-corrected chi connectivity index (χ3v) is 13.8. The van der Waals surface area contributed by atoms with Gasteiger partial charge in [0.25, 0.3) is 0 Å². The van der Waals surface area contributed by atoms with Crippen LogP contribution in [0.1, 0.15) is 65.0 Å². The molecule has 3 aliphatic carbocycles. The van der Waals surface area contributed by atoms with Crippen LogP contribution in [0.25, 0.3) is 61.6 Å². The zero-order chi connectivity index (χ0) is 41.3. The smallest absolute Gasteiger partial charge is 0.163 e. The molecule has 0 bridgehead atoms. The van der Waals surface area contributed by atoms with Crippen molar-refractivity contribution in [3.8, 4) is 11.6 Å². The largest absolute Gasteiger partial charge is 0.341 e. The number of fused-ring (bicyclic) bond motifs is 10. The van der Waals surface area contributed by atoms with E-state index in [0.717, 1.165) is 82.1 Å². The average Bonchev–Trinajstić information content (AvgIpc) is 3.96. The molecule has 4 heterocycles. The van der Waals surface area contributed by atoms with Gasteiger partial charge in [0, 0.05) is 33.6 Å². The molecule has 0 amide bonds. The van der Waals surface area contributed by atoms with E-state index >= 15 is 0 Å². The highest BCUT2D eigenvalue weighted by Crippen LogP contribution is 2.53. The summed E-state index contributed by atoms with van der Waals surface area (Å²) in [5.41, 5.74) is 15.4. The Morgan fingerprint density at radius 1 is 0.661 bits per heavy atom. The normalized spacial score (nSPS) is 19.1. The maximum absolute atomic E-state index is 6.02. The second-order valence-corrected chi connectivity index (χ2v) is 17.3. The van der Waals surface area contributed by atoms with Gasteiger partial charge in [0.2, 0.25) is 0 Å². The minimum Gasteiger partial charge on any atom is -0.341 e. The fourth-order valence-corrected chi connectivity index (χ4v) is 11.1. The van der Waals surface area contributed by atoms with Crippen LogP contribution in [-0.4, -0.2) is 19.1 Å². The molecule has 3 aromatic heterocycles. The molecule has 0 radical (unpaired) electrons.